The maximum absolute atomic E-state index is 5.46. The van der Waals surface area contributed by atoms with Gasteiger partial charge in [0, 0.05) is 22.1 Å². The number of fused-ring (bicyclic) bond motifs is 9. The van der Waals surface area contributed by atoms with Crippen LogP contribution in [0.2, 0.25) is 0 Å². The van der Waals surface area contributed by atoms with Crippen molar-refractivity contribution >= 4 is 21.5 Å². The fraction of sp³-hybridized carbons (Fsp3) is 0.0571. The predicted octanol–water partition coefficient (Wildman–Crippen LogP) is 17.8. The molecule has 0 fully saturated rings. The Morgan fingerprint density at radius 2 is 0.833 bits per heavy atom. The van der Waals surface area contributed by atoms with Crippen molar-refractivity contribution < 1.29 is 0 Å². The maximum atomic E-state index is 5.46. The Balaban J connectivity index is 0.896. The van der Waals surface area contributed by atoms with Crippen molar-refractivity contribution in [1.29, 1.82) is 0 Å². The maximum Gasteiger partial charge on any atom is 0.160 e. The molecular weight excluding hydrogens is 869 g/mol. The molecule has 2 aliphatic carbocycles. The highest BCUT2D eigenvalue weighted by atomic mass is 14.9. The second kappa shape index (κ2) is 16.3. The van der Waals surface area contributed by atoms with Gasteiger partial charge in [0.05, 0.1) is 16.8 Å². The quantitative estimate of drug-likeness (QED) is 0.159. The van der Waals surface area contributed by atoms with Gasteiger partial charge in [-0.15, -0.1) is 0 Å². The summed E-state index contributed by atoms with van der Waals surface area (Å²) in [6.45, 7) is 4.72. The first kappa shape index (κ1) is 41.9. The van der Waals surface area contributed by atoms with Gasteiger partial charge in [-0.2, -0.15) is 0 Å². The van der Waals surface area contributed by atoms with Gasteiger partial charge >= 0.3 is 0 Å². The first-order chi connectivity index (χ1) is 35.5. The minimum atomic E-state index is -0.521. The summed E-state index contributed by atoms with van der Waals surface area (Å²) in [5.41, 5.74) is 22.0. The molecule has 1 heterocycles. The standard InChI is InChI=1S/C70H48N2/c1-69(2)60-41-38-49(43-59(60)66-53-26-13-12-19-46(53)37-42-62(66)69)45-33-35-47(36-34-45)52-39-40-56(55-28-15-14-27-54(52)55)64-44-65(72-68(71-64)48-20-6-3-7-21-48)58-30-18-32-63-67(58)57-29-16-17-31-61(57)70(63,50-22-8-4-9-23-50)51-24-10-5-11-25-51/h3-44H,1-2H3. The second-order valence-corrected chi connectivity index (χ2v) is 20.0. The van der Waals surface area contributed by atoms with Crippen molar-refractivity contribution in [3.63, 3.8) is 0 Å². The van der Waals surface area contributed by atoms with E-state index in [1.807, 2.05) is 6.07 Å². The van der Waals surface area contributed by atoms with Gasteiger partial charge in [-0.25, -0.2) is 9.97 Å². The van der Waals surface area contributed by atoms with E-state index >= 15 is 0 Å². The molecule has 72 heavy (non-hydrogen) atoms. The molecule has 0 aliphatic heterocycles. The number of nitrogens with zero attached hydrogens (tertiary/aromatic N) is 2. The lowest BCUT2D eigenvalue weighted by Gasteiger charge is -2.33. The normalized spacial score (nSPS) is 13.6. The van der Waals surface area contributed by atoms with Crippen molar-refractivity contribution in [3.05, 3.63) is 288 Å². The van der Waals surface area contributed by atoms with Crippen LogP contribution in [0.5, 0.6) is 0 Å². The number of rotatable bonds is 7. The van der Waals surface area contributed by atoms with Crippen LogP contribution >= 0.6 is 0 Å². The Labute approximate surface area is 420 Å². The van der Waals surface area contributed by atoms with E-state index < -0.39 is 5.41 Å². The molecule has 14 rings (SSSR count). The molecule has 1 aromatic heterocycles. The van der Waals surface area contributed by atoms with Gasteiger partial charge in [0.2, 0.25) is 0 Å². The van der Waals surface area contributed by atoms with Gasteiger partial charge in [-0.05, 0) is 112 Å². The van der Waals surface area contributed by atoms with Crippen LogP contribution in [-0.4, -0.2) is 9.97 Å². The summed E-state index contributed by atoms with van der Waals surface area (Å²) in [4.78, 5) is 10.9. The molecule has 2 aliphatic rings. The van der Waals surface area contributed by atoms with E-state index in [1.165, 1.54) is 94.0 Å². The van der Waals surface area contributed by atoms with Crippen LogP contribution in [0.25, 0.3) is 100.0 Å². The number of aromatic nitrogens is 2. The van der Waals surface area contributed by atoms with E-state index in [0.717, 1.165) is 33.5 Å². The topological polar surface area (TPSA) is 25.8 Å². The van der Waals surface area contributed by atoms with E-state index in [9.17, 15) is 0 Å². The highest BCUT2D eigenvalue weighted by Crippen LogP contribution is 2.58. The summed E-state index contributed by atoms with van der Waals surface area (Å²) >= 11 is 0. The van der Waals surface area contributed by atoms with Crippen LogP contribution < -0.4 is 0 Å². The van der Waals surface area contributed by atoms with Crippen molar-refractivity contribution in [3.8, 4) is 78.4 Å². The van der Waals surface area contributed by atoms with Gasteiger partial charge in [0.15, 0.2) is 5.82 Å². The molecular formula is C70H48N2. The van der Waals surface area contributed by atoms with Crippen molar-refractivity contribution in [1.82, 2.24) is 9.97 Å². The van der Waals surface area contributed by atoms with Crippen molar-refractivity contribution in [2.24, 2.45) is 0 Å². The van der Waals surface area contributed by atoms with E-state index in [-0.39, 0.29) is 5.41 Å². The largest absolute Gasteiger partial charge is 0.228 e. The summed E-state index contributed by atoms with van der Waals surface area (Å²) in [6.07, 6.45) is 0. The van der Waals surface area contributed by atoms with E-state index in [0.29, 0.717) is 5.82 Å². The molecule has 0 saturated carbocycles. The number of hydrogen-bond acceptors (Lipinski definition) is 2. The van der Waals surface area contributed by atoms with Gasteiger partial charge in [-0.3, -0.25) is 0 Å². The molecule has 11 aromatic carbocycles. The summed E-state index contributed by atoms with van der Waals surface area (Å²) in [5.74, 6) is 0.694. The van der Waals surface area contributed by atoms with Crippen LogP contribution in [-0.2, 0) is 10.8 Å². The van der Waals surface area contributed by atoms with E-state index in [1.54, 1.807) is 0 Å². The van der Waals surface area contributed by atoms with Crippen molar-refractivity contribution in [2.75, 3.05) is 0 Å². The number of hydrogen-bond donors (Lipinski definition) is 0. The fourth-order valence-electron chi connectivity index (χ4n) is 12.5. The first-order valence-electron chi connectivity index (χ1n) is 25.1. The van der Waals surface area contributed by atoms with Crippen LogP contribution in [0, 0.1) is 0 Å². The van der Waals surface area contributed by atoms with Crippen molar-refractivity contribution in [2.45, 2.75) is 24.7 Å². The Hall–Kier alpha value is -8.98. The lowest BCUT2D eigenvalue weighted by Crippen LogP contribution is -2.28. The molecule has 0 amide bonds. The monoisotopic (exact) mass is 916 g/mol. The molecule has 0 spiro atoms. The van der Waals surface area contributed by atoms with Crippen LogP contribution in [0.4, 0.5) is 0 Å². The molecule has 2 nitrogen and oxygen atoms in total. The van der Waals surface area contributed by atoms with Gasteiger partial charge in [0.25, 0.3) is 0 Å². The average molecular weight is 917 g/mol. The molecule has 0 saturated heterocycles. The zero-order valence-electron chi connectivity index (χ0n) is 40.1. The minimum Gasteiger partial charge on any atom is -0.228 e. The molecule has 0 N–H and O–H groups in total. The molecule has 2 heteroatoms. The summed E-state index contributed by atoms with van der Waals surface area (Å²) in [7, 11) is 0. The van der Waals surface area contributed by atoms with E-state index in [4.69, 9.17) is 9.97 Å². The highest BCUT2D eigenvalue weighted by Gasteiger charge is 2.47. The molecule has 0 radical (unpaired) electrons. The van der Waals surface area contributed by atoms with Crippen LogP contribution in [0.1, 0.15) is 47.2 Å². The second-order valence-electron chi connectivity index (χ2n) is 20.0. The molecule has 0 unspecified atom stereocenters. The van der Waals surface area contributed by atoms with Gasteiger partial charge in [0.1, 0.15) is 0 Å². The lowest BCUT2D eigenvalue weighted by atomic mass is 9.67. The number of benzene rings is 11. The smallest absolute Gasteiger partial charge is 0.160 e. The highest BCUT2D eigenvalue weighted by molar-refractivity contribution is 6.06. The molecule has 0 atom stereocenters. The SMILES string of the molecule is CC1(C)c2ccc(-c3ccc(-c4ccc(-c5cc(-c6cccc7c6-c6ccccc6C7(c6ccccc6)c6ccccc6)nc(-c6ccccc6)n5)c5ccccc45)cc3)cc2-c2c1ccc1ccccc21. The zero-order valence-corrected chi connectivity index (χ0v) is 40.1. The average Bonchev–Trinajstić information content (AvgIpc) is 3.89. The lowest BCUT2D eigenvalue weighted by molar-refractivity contribution is 0.661. The first-order valence-corrected chi connectivity index (χ1v) is 25.1. The van der Waals surface area contributed by atoms with Crippen LogP contribution in [0.15, 0.2) is 255 Å². The summed E-state index contributed by atoms with van der Waals surface area (Å²) in [6, 6.07) is 93.3. The van der Waals surface area contributed by atoms with Gasteiger partial charge in [-0.1, -0.05) is 257 Å². The Bertz CT molecular complexity index is 4060. The summed E-state index contributed by atoms with van der Waals surface area (Å²) < 4.78 is 0. The molecule has 338 valence electrons. The van der Waals surface area contributed by atoms with E-state index in [2.05, 4.69) is 263 Å². The fourth-order valence-corrected chi connectivity index (χ4v) is 12.5. The molecule has 0 bridgehead atoms. The third-order valence-corrected chi connectivity index (χ3v) is 15.8. The Kier molecular flexibility index (Phi) is 9.50. The minimum absolute atomic E-state index is 0.0628. The third kappa shape index (κ3) is 6.28. The molecule has 12 aromatic rings. The zero-order chi connectivity index (χ0) is 48.0. The predicted molar refractivity (Wildman–Crippen MR) is 299 cm³/mol. The van der Waals surface area contributed by atoms with Gasteiger partial charge < -0.3 is 0 Å². The summed E-state index contributed by atoms with van der Waals surface area (Å²) in [5, 5.41) is 4.93. The Morgan fingerprint density at radius 1 is 0.292 bits per heavy atom. The van der Waals surface area contributed by atoms with Crippen LogP contribution in [0.3, 0.4) is 0 Å². The Morgan fingerprint density at radius 3 is 1.57 bits per heavy atom. The third-order valence-electron chi connectivity index (χ3n) is 15.8.